The number of carbonyl (C=O) groups is 3. The fourth-order valence-electron chi connectivity index (χ4n) is 9.87. The monoisotopic (exact) mass is 1060 g/mol. The first-order valence-electron chi connectivity index (χ1n) is 26.2. The molecule has 0 bridgehead atoms. The van der Waals surface area contributed by atoms with E-state index in [1.807, 2.05) is 87.5 Å². The van der Waals surface area contributed by atoms with Crippen LogP contribution in [-0.4, -0.2) is 120 Å². The summed E-state index contributed by atoms with van der Waals surface area (Å²) in [6, 6.07) is 17.4. The SMILES string of the molecule is C=C1C[C@H](C[C@@H]2CC(=C)C[C@H](/C=C/C(C)(C)[C@]3(OC)O[C@H](C[C@@H](O[Si](C)(C)C(C)(C)C)[C@@H](C)OCOCc4ccccc4)C/C(=C\C(=O)OC)[C@@H]3OC(C)=O)O2)O[C@H](C[C@H](CC(=O)O)OCc2ccc(OC)cc2)C1. The Labute approximate surface area is 447 Å². The topological polar surface area (TPSA) is 173 Å². The van der Waals surface area contributed by atoms with Crippen LogP contribution in [0.2, 0.25) is 18.1 Å². The van der Waals surface area contributed by atoms with Gasteiger partial charge in [0.25, 0.3) is 0 Å². The van der Waals surface area contributed by atoms with Crippen molar-refractivity contribution in [1.82, 2.24) is 0 Å². The summed E-state index contributed by atoms with van der Waals surface area (Å²) in [4.78, 5) is 38.1. The zero-order chi connectivity index (χ0) is 55.1. The van der Waals surface area contributed by atoms with Crippen LogP contribution in [0.4, 0.5) is 0 Å². The highest BCUT2D eigenvalue weighted by atomic mass is 28.4. The summed E-state index contributed by atoms with van der Waals surface area (Å²) in [7, 11) is 2.01. The highest BCUT2D eigenvalue weighted by molar-refractivity contribution is 6.74. The van der Waals surface area contributed by atoms with E-state index in [0.29, 0.717) is 57.1 Å². The second kappa shape index (κ2) is 27.7. The summed E-state index contributed by atoms with van der Waals surface area (Å²) in [5.74, 6) is -3.08. The minimum absolute atomic E-state index is 0.0396. The van der Waals surface area contributed by atoms with Crippen molar-refractivity contribution in [3.8, 4) is 5.75 Å². The number of hydrogen-bond donors (Lipinski definition) is 1. The normalized spacial score (nSPS) is 25.7. The molecule has 416 valence electrons. The standard InChI is InChI=1S/C59H86O15Si/c1-39-26-47(71-50(27-39)33-51-29-40(2)28-49(72-51)32-48(35-54(61)62)68-37-44-20-22-46(64-10)23-21-44)24-25-58(8,9)59(66-12)56(70-42(4)60)45(31-55(63)65-11)30-52(73-59)34-53(74-75(13,14)57(5,6)7)41(3)69-38-67-36-43-18-16-15-17-19-43/h15-25,31,41,47-53,56H,1-2,26-30,32-38H2,3-14H3,(H,61,62)/b25-24+,45-31+/t41-,47+,48-,49+,50+,51-,52+,53-,56+,59-/m1/s1. The van der Waals surface area contributed by atoms with Gasteiger partial charge in [-0.1, -0.05) is 114 Å². The number of carboxylic acids is 1. The molecule has 3 aliphatic rings. The molecule has 0 aliphatic carbocycles. The van der Waals surface area contributed by atoms with Crippen LogP contribution in [0.15, 0.2) is 103 Å². The molecular weight excluding hydrogens is 977 g/mol. The molecule has 0 spiro atoms. The Hall–Kier alpha value is -4.49. The highest BCUT2D eigenvalue weighted by Gasteiger charge is 2.59. The number of ether oxygens (including phenoxy) is 10. The molecule has 1 N–H and O–H groups in total. The minimum Gasteiger partial charge on any atom is -0.497 e. The third kappa shape index (κ3) is 18.0. The maximum Gasteiger partial charge on any atom is 0.330 e. The zero-order valence-electron chi connectivity index (χ0n) is 46.7. The number of aliphatic carboxylic acids is 1. The average molecular weight is 1060 g/mol. The van der Waals surface area contributed by atoms with E-state index in [1.165, 1.54) is 27.2 Å². The molecule has 3 saturated heterocycles. The van der Waals surface area contributed by atoms with Gasteiger partial charge in [-0.3, -0.25) is 9.59 Å². The molecule has 2 aromatic carbocycles. The lowest BCUT2D eigenvalue weighted by Crippen LogP contribution is -2.63. The molecule has 2 aromatic rings. The Morgan fingerprint density at radius 3 is 2.08 bits per heavy atom. The molecule has 0 amide bonds. The zero-order valence-corrected chi connectivity index (χ0v) is 47.7. The quantitative estimate of drug-likeness (QED) is 0.0235. The van der Waals surface area contributed by atoms with Gasteiger partial charge in [0, 0.05) is 44.8 Å². The van der Waals surface area contributed by atoms with Gasteiger partial charge in [-0.15, -0.1) is 0 Å². The summed E-state index contributed by atoms with van der Waals surface area (Å²) in [5, 5.41) is 9.64. The van der Waals surface area contributed by atoms with Gasteiger partial charge in [-0.2, -0.15) is 0 Å². The maximum absolute atomic E-state index is 13.1. The lowest BCUT2D eigenvalue weighted by molar-refractivity contribution is -0.338. The second-order valence-electron chi connectivity index (χ2n) is 22.4. The van der Waals surface area contributed by atoms with E-state index in [4.69, 9.17) is 51.8 Å². The molecule has 3 heterocycles. The second-order valence-corrected chi connectivity index (χ2v) is 27.2. The Bertz CT molecular complexity index is 2250. The fraction of sp³-hybridized carbons (Fsp3) is 0.610. The first kappa shape index (κ1) is 61.4. The molecule has 3 aliphatic heterocycles. The predicted molar refractivity (Wildman–Crippen MR) is 288 cm³/mol. The minimum atomic E-state index is -2.41. The van der Waals surface area contributed by atoms with Crippen molar-refractivity contribution in [2.45, 2.75) is 198 Å². The fourth-order valence-corrected chi connectivity index (χ4v) is 11.3. The third-order valence-corrected chi connectivity index (χ3v) is 19.4. The first-order valence-corrected chi connectivity index (χ1v) is 29.2. The van der Waals surface area contributed by atoms with E-state index in [0.717, 1.165) is 28.0 Å². The van der Waals surface area contributed by atoms with Crippen LogP contribution in [0.25, 0.3) is 0 Å². The van der Waals surface area contributed by atoms with Crippen LogP contribution in [0, 0.1) is 5.41 Å². The van der Waals surface area contributed by atoms with Crippen molar-refractivity contribution < 1.29 is 71.3 Å². The smallest absolute Gasteiger partial charge is 0.330 e. The van der Waals surface area contributed by atoms with Gasteiger partial charge in [-0.25, -0.2) is 4.79 Å². The van der Waals surface area contributed by atoms with Crippen molar-refractivity contribution >= 4 is 26.2 Å². The van der Waals surface area contributed by atoms with Crippen molar-refractivity contribution in [3.63, 3.8) is 0 Å². The van der Waals surface area contributed by atoms with E-state index in [1.54, 1.807) is 7.11 Å². The lowest BCUT2D eigenvalue weighted by Gasteiger charge is -2.53. The Balaban J connectivity index is 1.36. The summed E-state index contributed by atoms with van der Waals surface area (Å²) in [6.45, 7) is 27.5. The molecule has 16 heteroatoms. The highest BCUT2D eigenvalue weighted by Crippen LogP contribution is 2.50. The number of esters is 2. The summed E-state index contributed by atoms with van der Waals surface area (Å²) < 4.78 is 69.2. The summed E-state index contributed by atoms with van der Waals surface area (Å²) in [6.07, 6.45) is 4.75. The Kier molecular flexibility index (Phi) is 22.7. The van der Waals surface area contributed by atoms with Gasteiger partial charge >= 0.3 is 17.9 Å². The largest absolute Gasteiger partial charge is 0.497 e. The molecule has 0 unspecified atom stereocenters. The van der Waals surface area contributed by atoms with E-state index in [9.17, 15) is 19.5 Å². The van der Waals surface area contributed by atoms with Gasteiger partial charge < -0.3 is 56.9 Å². The van der Waals surface area contributed by atoms with Crippen LogP contribution in [0.1, 0.15) is 117 Å². The van der Waals surface area contributed by atoms with Gasteiger partial charge in [0.1, 0.15) is 12.5 Å². The molecule has 0 aromatic heterocycles. The number of carboxylic acid groups (broad SMARTS) is 1. The third-order valence-electron chi connectivity index (χ3n) is 14.9. The average Bonchev–Trinajstić information content (AvgIpc) is 3.33. The van der Waals surface area contributed by atoms with Crippen LogP contribution in [-0.2, 0) is 74.7 Å². The Morgan fingerprint density at radius 1 is 0.827 bits per heavy atom. The predicted octanol–water partition coefficient (Wildman–Crippen LogP) is 11.1. The maximum atomic E-state index is 13.1. The summed E-state index contributed by atoms with van der Waals surface area (Å²) >= 11 is 0. The van der Waals surface area contributed by atoms with Gasteiger partial charge in [0.05, 0.1) is 82.7 Å². The number of hydrogen-bond acceptors (Lipinski definition) is 14. The number of methoxy groups -OCH3 is 3. The number of benzene rings is 2. The molecule has 10 atom stereocenters. The molecule has 0 radical (unpaired) electrons. The Morgan fingerprint density at radius 2 is 1.47 bits per heavy atom. The molecule has 5 rings (SSSR count). The molecule has 75 heavy (non-hydrogen) atoms. The summed E-state index contributed by atoms with van der Waals surface area (Å²) in [5.41, 5.74) is 3.41. The van der Waals surface area contributed by atoms with Crippen LogP contribution in [0.3, 0.4) is 0 Å². The van der Waals surface area contributed by atoms with Crippen molar-refractivity contribution in [1.29, 1.82) is 0 Å². The van der Waals surface area contributed by atoms with Crippen molar-refractivity contribution in [2.24, 2.45) is 5.41 Å². The molecule has 0 saturated carbocycles. The van der Waals surface area contributed by atoms with Gasteiger partial charge in [-0.05, 0) is 86.0 Å². The van der Waals surface area contributed by atoms with E-state index in [-0.39, 0.29) is 55.7 Å². The number of rotatable bonds is 26. The van der Waals surface area contributed by atoms with Crippen LogP contribution >= 0.6 is 0 Å². The van der Waals surface area contributed by atoms with Crippen molar-refractivity contribution in [3.05, 3.63) is 114 Å². The molecule has 3 fully saturated rings. The van der Waals surface area contributed by atoms with E-state index < -0.39 is 67.9 Å². The first-order chi connectivity index (χ1) is 35.3. The van der Waals surface area contributed by atoms with Gasteiger partial charge in [0.2, 0.25) is 5.79 Å². The van der Waals surface area contributed by atoms with Crippen LogP contribution in [0.5, 0.6) is 5.75 Å². The van der Waals surface area contributed by atoms with Gasteiger partial charge in [0.15, 0.2) is 14.4 Å². The van der Waals surface area contributed by atoms with Crippen molar-refractivity contribution in [2.75, 3.05) is 28.1 Å². The van der Waals surface area contributed by atoms with E-state index in [2.05, 4.69) is 47.0 Å². The number of carbonyl (C=O) groups excluding carboxylic acids is 2. The van der Waals surface area contributed by atoms with Crippen LogP contribution < -0.4 is 4.74 Å². The lowest BCUT2D eigenvalue weighted by atomic mass is 9.73. The van der Waals surface area contributed by atoms with E-state index >= 15 is 0 Å². The molecular formula is C59H86O15Si. The molecule has 15 nitrogen and oxygen atoms in total.